The fraction of sp³-hybridized carbons (Fsp3) is 0.946. The maximum absolute atomic E-state index is 9.80. The Morgan fingerprint density at radius 2 is 1.21 bits per heavy atom. The number of aliphatic hydroxyl groups excluding tert-OH is 10. The van der Waals surface area contributed by atoms with Crippen molar-refractivity contribution in [3.63, 3.8) is 0 Å². The minimum absolute atomic E-state index is 0.197. The topological polar surface area (TPSA) is 321 Å². The molecule has 1 aliphatic carbocycles. The van der Waals surface area contributed by atoms with E-state index in [4.69, 9.17) is 108 Å². The normalized spacial score (nSPS) is 54.1. The zero-order valence-electron chi connectivity index (χ0n) is 35.4. The predicted octanol–water partition coefficient (Wildman–Crippen LogP) is -8.35. The fourth-order valence-electron chi connectivity index (χ4n) is 10.1. The van der Waals surface area contributed by atoms with Crippen LogP contribution in [0, 0.1) is 5.92 Å². The molecule has 0 aromatic heterocycles. The highest BCUT2D eigenvalue weighted by atomic mass is 16.7. The van der Waals surface area contributed by atoms with Crippen LogP contribution in [-0.2, 0) is 47.4 Å². The molecule has 21 nitrogen and oxygen atoms in total. The van der Waals surface area contributed by atoms with Crippen molar-refractivity contribution in [1.82, 2.24) is 0 Å². The van der Waals surface area contributed by atoms with Crippen molar-refractivity contribution < 1.29 is 98.4 Å². The average Bonchev–Trinajstić information content (AvgIpc) is 4.09. The highest BCUT2D eigenvalue weighted by molar-refractivity contribution is 6.13. The van der Waals surface area contributed by atoms with E-state index < -0.39 is 131 Å². The number of methoxy groups -OCH3 is 1. The molecule has 9 aliphatic heterocycles. The number of hydrogen-bond donors (Lipinski definition) is 11. The second kappa shape index (κ2) is 19.3. The number of aliphatic hydroxyl groups is 10. The van der Waals surface area contributed by atoms with E-state index >= 15 is 0 Å². The molecular formula is C37H58B5NO20. The molecule has 12 N–H and O–H groups in total. The second-order valence-corrected chi connectivity index (χ2v) is 17.7. The number of fused-ring (bicyclic) bond motifs is 10. The van der Waals surface area contributed by atoms with Gasteiger partial charge < -0.3 is 104 Å². The van der Waals surface area contributed by atoms with Gasteiger partial charge in [0, 0.05) is 55.9 Å². The standard InChI is InChI=1S/C8H13BO5.C8H11BO3.C7H12BNO4.2C7H11BO4/c1-12-2-4-8(3-10)6(11)5(13-4)7(9)14-8;1-4-2-8(3-10)6(11)5(4)7(9)12-8;8-6-4-5(11)7(2-10,13-6)1-3(9)12-4;1-3(9)7-2-11-4(5(7)10)6(8)12-7;1-3-7(2-9)5(10)4(11-3)6(8)12-7/h4-7,10-11H,2-3H2,1H3;5-7,10-11H,1-3H2;3-6,10-11H,1-2,9H2;2*3-6,9-10H,2H2,1H3/t4-,5+,6-,7+,8-;5-,6-,7-,8-;2*3?,4-,5+,6-,7-;3-,4+,5-,6+,7-/m01110/s1. The van der Waals surface area contributed by atoms with Gasteiger partial charge in [-0.05, 0) is 13.8 Å². The van der Waals surface area contributed by atoms with Crippen LogP contribution in [0.25, 0.3) is 0 Å². The lowest BCUT2D eigenvalue weighted by Gasteiger charge is -2.37. The van der Waals surface area contributed by atoms with Crippen LogP contribution in [-0.4, -0.2) is 275 Å². The molecule has 24 atom stereocenters. The van der Waals surface area contributed by atoms with Crippen molar-refractivity contribution in [3.8, 4) is 0 Å². The number of hydrogen-bond acceptors (Lipinski definition) is 21. The Balaban J connectivity index is 0.000000131. The summed E-state index contributed by atoms with van der Waals surface area (Å²) in [7, 11) is 29.3. The zero-order valence-corrected chi connectivity index (χ0v) is 35.4. The number of rotatable bonds is 7. The first-order chi connectivity index (χ1) is 29.5. The Kier molecular flexibility index (Phi) is 15.8. The second-order valence-electron chi connectivity index (χ2n) is 17.7. The largest absolute Gasteiger partial charge is 0.393 e. The third-order valence-corrected chi connectivity index (χ3v) is 14.0. The van der Waals surface area contributed by atoms with E-state index in [0.717, 1.165) is 5.57 Å². The van der Waals surface area contributed by atoms with Crippen LogP contribution in [0.3, 0.4) is 0 Å². The molecular weight excluding hydrogens is 832 g/mol. The molecule has 63 heavy (non-hydrogen) atoms. The van der Waals surface area contributed by atoms with E-state index in [1.165, 1.54) is 7.11 Å². The van der Waals surface area contributed by atoms with Crippen LogP contribution in [0.2, 0.25) is 0 Å². The van der Waals surface area contributed by atoms with Crippen LogP contribution >= 0.6 is 0 Å². The summed E-state index contributed by atoms with van der Waals surface area (Å²) in [6.07, 6.45) is -7.57. The van der Waals surface area contributed by atoms with Crippen LogP contribution in [0.15, 0.2) is 12.2 Å². The molecule has 0 amide bonds. The minimum atomic E-state index is -1.11. The third kappa shape index (κ3) is 8.47. The summed E-state index contributed by atoms with van der Waals surface area (Å²) in [6, 6.07) is -3.14. The number of nitrogens with two attached hydrogens (primary N) is 1. The summed E-state index contributed by atoms with van der Waals surface area (Å²) >= 11 is 0. The van der Waals surface area contributed by atoms with Crippen LogP contribution in [0.4, 0.5) is 0 Å². The van der Waals surface area contributed by atoms with Gasteiger partial charge in [-0.1, -0.05) is 12.2 Å². The Morgan fingerprint density at radius 1 is 0.683 bits per heavy atom. The molecule has 10 fully saturated rings. The summed E-state index contributed by atoms with van der Waals surface area (Å²) in [5.41, 5.74) is 1.46. The minimum Gasteiger partial charge on any atom is -0.393 e. The van der Waals surface area contributed by atoms with Crippen LogP contribution in [0.1, 0.15) is 26.7 Å². The Bertz CT molecular complexity index is 1580. The maximum atomic E-state index is 9.80. The molecule has 10 radical (unpaired) electrons. The quantitative estimate of drug-likeness (QED) is 0.0835. The molecule has 0 spiro atoms. The van der Waals surface area contributed by atoms with E-state index in [2.05, 4.69) is 6.58 Å². The van der Waals surface area contributed by atoms with Gasteiger partial charge >= 0.3 is 0 Å². The van der Waals surface area contributed by atoms with E-state index in [1.807, 2.05) is 0 Å². The number of ether oxygens (including phenoxy) is 10. The molecule has 26 heteroatoms. The lowest BCUT2D eigenvalue weighted by molar-refractivity contribution is -0.192. The highest BCUT2D eigenvalue weighted by Gasteiger charge is 2.66. The lowest BCUT2D eigenvalue weighted by Crippen LogP contribution is -2.56. The van der Waals surface area contributed by atoms with Gasteiger partial charge in [-0.25, -0.2) is 0 Å². The summed E-state index contributed by atoms with van der Waals surface area (Å²) < 4.78 is 52.5. The summed E-state index contributed by atoms with van der Waals surface area (Å²) in [5.74, 6) is -0.197. The lowest BCUT2D eigenvalue weighted by atomic mass is 9.83. The van der Waals surface area contributed by atoms with E-state index in [0.29, 0.717) is 6.42 Å². The SMILES string of the molecule is [B][C@@H]1O[C@@]2(C(C)O)CO[C@@H]1[C@@H]2O.[B][C@@H]1O[C@@]2(CO)CC(=C)[C@@H]1[C@H]2O.[B][C@@H]1O[C@@]2(CO)CC(N)O[C@@H]1[C@@H]2O.[B][C@@H]1O[C@@]2(CO)[C@H](C)O[C@@H]1[C@@H]2O.[B][C@@H]1O[C@@]2(CO)[C@H](COC)O[C@@H]1[C@@H]2O. The monoisotopic (exact) mass is 891 g/mol. The Hall–Kier alpha value is -0.775. The molecule has 0 aromatic carbocycles. The maximum Gasteiger partial charge on any atom is 0.147 e. The van der Waals surface area contributed by atoms with E-state index in [-0.39, 0.29) is 58.1 Å². The Labute approximate surface area is 371 Å². The third-order valence-electron chi connectivity index (χ3n) is 14.0. The van der Waals surface area contributed by atoms with Gasteiger partial charge in [0.2, 0.25) is 0 Å². The van der Waals surface area contributed by atoms with Gasteiger partial charge in [0.05, 0.1) is 58.0 Å². The smallest absolute Gasteiger partial charge is 0.147 e. The fourth-order valence-corrected chi connectivity index (χ4v) is 10.1. The summed E-state index contributed by atoms with van der Waals surface area (Å²) in [4.78, 5) is 0. The molecule has 10 rings (SSSR count). The van der Waals surface area contributed by atoms with Crippen LogP contribution in [0.5, 0.6) is 0 Å². The van der Waals surface area contributed by atoms with Crippen molar-refractivity contribution in [2.45, 2.75) is 164 Å². The molecule has 10 aliphatic rings. The molecule has 9 heterocycles. The van der Waals surface area contributed by atoms with E-state index in [1.54, 1.807) is 13.8 Å². The molecule has 9 saturated heterocycles. The first-order valence-electron chi connectivity index (χ1n) is 20.7. The van der Waals surface area contributed by atoms with Crippen LogP contribution < -0.4 is 5.73 Å². The van der Waals surface area contributed by atoms with Crippen molar-refractivity contribution in [2.75, 3.05) is 46.8 Å². The van der Waals surface area contributed by atoms with Gasteiger partial charge in [-0.2, -0.15) is 0 Å². The first kappa shape index (κ1) is 51.6. The van der Waals surface area contributed by atoms with Crippen molar-refractivity contribution >= 4 is 39.2 Å². The molecule has 1 saturated carbocycles. The zero-order chi connectivity index (χ0) is 46.8. The molecule has 346 valence electrons. The summed E-state index contributed by atoms with van der Waals surface area (Å²) in [6.45, 7) is 6.51. The van der Waals surface area contributed by atoms with Gasteiger partial charge in [-0.3, -0.25) is 0 Å². The molecule has 10 bridgehead atoms. The van der Waals surface area contributed by atoms with Gasteiger partial charge in [-0.15, -0.1) is 0 Å². The molecule has 2 unspecified atom stereocenters. The van der Waals surface area contributed by atoms with E-state index in [9.17, 15) is 35.7 Å². The first-order valence-corrected chi connectivity index (χ1v) is 20.7. The highest BCUT2D eigenvalue weighted by Crippen LogP contribution is 2.50. The van der Waals surface area contributed by atoms with Gasteiger partial charge in [0.15, 0.2) is 0 Å². The van der Waals surface area contributed by atoms with Gasteiger partial charge in [0.25, 0.3) is 0 Å². The molecule has 0 aromatic rings. The van der Waals surface area contributed by atoms with Gasteiger partial charge in [0.1, 0.15) is 128 Å². The van der Waals surface area contributed by atoms with Crippen molar-refractivity contribution in [1.29, 1.82) is 0 Å². The summed E-state index contributed by atoms with van der Waals surface area (Å²) in [5, 5.41) is 94.4. The van der Waals surface area contributed by atoms with Crippen molar-refractivity contribution in [2.24, 2.45) is 11.7 Å². The Morgan fingerprint density at radius 3 is 1.60 bits per heavy atom. The predicted molar refractivity (Wildman–Crippen MR) is 216 cm³/mol. The van der Waals surface area contributed by atoms with Crippen molar-refractivity contribution in [3.05, 3.63) is 12.2 Å². The average molecular weight is 891 g/mol.